The zero-order valence-electron chi connectivity index (χ0n) is 13.8. The molecule has 3 fully saturated rings. The normalized spacial score (nSPS) is 26.1. The first-order valence-electron chi connectivity index (χ1n) is 9.02. The molecule has 126 valence electrons. The van der Waals surface area contributed by atoms with Crippen molar-refractivity contribution < 1.29 is 14.3 Å². The fraction of sp³-hybridized carbons (Fsp3) is 0.941. The maximum absolute atomic E-state index is 12.3. The molecule has 1 amide bonds. The number of rotatable bonds is 5. The SMILES string of the molecule is CCN(CC(=O)NC1CCC2(CC1)OCCO2)C1CCCC1. The van der Waals surface area contributed by atoms with Crippen molar-refractivity contribution in [3.63, 3.8) is 0 Å². The second kappa shape index (κ2) is 7.28. The molecule has 0 radical (unpaired) electrons. The van der Waals surface area contributed by atoms with Crippen LogP contribution >= 0.6 is 0 Å². The number of carbonyl (C=O) groups excluding carboxylic acids is 1. The van der Waals surface area contributed by atoms with Gasteiger partial charge in [-0.3, -0.25) is 9.69 Å². The van der Waals surface area contributed by atoms with E-state index >= 15 is 0 Å². The molecule has 5 nitrogen and oxygen atoms in total. The van der Waals surface area contributed by atoms with Gasteiger partial charge in [0.2, 0.25) is 5.91 Å². The molecule has 0 aromatic rings. The third-order valence-electron chi connectivity index (χ3n) is 5.52. The second-order valence-electron chi connectivity index (χ2n) is 6.95. The molecule has 5 heteroatoms. The highest BCUT2D eigenvalue weighted by Gasteiger charge is 2.40. The predicted molar refractivity (Wildman–Crippen MR) is 84.5 cm³/mol. The van der Waals surface area contributed by atoms with Gasteiger partial charge in [0, 0.05) is 24.9 Å². The van der Waals surface area contributed by atoms with E-state index in [2.05, 4.69) is 17.1 Å². The quantitative estimate of drug-likeness (QED) is 0.844. The van der Waals surface area contributed by atoms with E-state index in [0.717, 1.165) is 32.2 Å². The molecule has 22 heavy (non-hydrogen) atoms. The van der Waals surface area contributed by atoms with E-state index in [9.17, 15) is 4.79 Å². The lowest BCUT2D eigenvalue weighted by molar-refractivity contribution is -0.180. The molecule has 1 heterocycles. The summed E-state index contributed by atoms with van der Waals surface area (Å²) in [5, 5.41) is 3.22. The molecule has 0 bridgehead atoms. The predicted octanol–water partition coefficient (Wildman–Crippen LogP) is 2.05. The number of hydrogen-bond donors (Lipinski definition) is 1. The Hall–Kier alpha value is -0.650. The number of likely N-dealkylation sites (N-methyl/N-ethyl adjacent to an activating group) is 1. The van der Waals surface area contributed by atoms with Crippen LogP contribution in [0.1, 0.15) is 58.3 Å². The molecule has 1 spiro atoms. The van der Waals surface area contributed by atoms with Crippen molar-refractivity contribution in [1.29, 1.82) is 0 Å². The van der Waals surface area contributed by atoms with Gasteiger partial charge in [0.15, 0.2) is 5.79 Å². The maximum Gasteiger partial charge on any atom is 0.234 e. The Labute approximate surface area is 133 Å². The van der Waals surface area contributed by atoms with Gasteiger partial charge in [0.1, 0.15) is 0 Å². The molecule has 3 rings (SSSR count). The fourth-order valence-electron chi connectivity index (χ4n) is 4.21. The van der Waals surface area contributed by atoms with Gasteiger partial charge in [-0.25, -0.2) is 0 Å². The third kappa shape index (κ3) is 3.81. The molecule has 1 saturated heterocycles. The molecule has 0 unspecified atom stereocenters. The van der Waals surface area contributed by atoms with Crippen molar-refractivity contribution in [2.75, 3.05) is 26.3 Å². The summed E-state index contributed by atoms with van der Waals surface area (Å²) in [6.07, 6.45) is 8.85. The van der Waals surface area contributed by atoms with Crippen LogP contribution in [0.15, 0.2) is 0 Å². The molecule has 0 atom stereocenters. The van der Waals surface area contributed by atoms with Gasteiger partial charge in [-0.05, 0) is 32.2 Å². The Morgan fingerprint density at radius 2 is 1.77 bits per heavy atom. The average molecular weight is 310 g/mol. The van der Waals surface area contributed by atoms with Crippen LogP contribution in [0.3, 0.4) is 0 Å². The third-order valence-corrected chi connectivity index (χ3v) is 5.52. The van der Waals surface area contributed by atoms with Gasteiger partial charge in [-0.15, -0.1) is 0 Å². The van der Waals surface area contributed by atoms with E-state index in [1.807, 2.05) is 0 Å². The van der Waals surface area contributed by atoms with Crippen LogP contribution < -0.4 is 5.32 Å². The van der Waals surface area contributed by atoms with Gasteiger partial charge in [-0.1, -0.05) is 19.8 Å². The summed E-state index contributed by atoms with van der Waals surface area (Å²) in [6.45, 7) is 5.10. The molecule has 3 aliphatic rings. The number of hydrogen-bond acceptors (Lipinski definition) is 4. The summed E-state index contributed by atoms with van der Waals surface area (Å²) in [5.41, 5.74) is 0. The topological polar surface area (TPSA) is 50.8 Å². The largest absolute Gasteiger partial charge is 0.352 e. The molecule has 0 aromatic heterocycles. The van der Waals surface area contributed by atoms with E-state index in [-0.39, 0.29) is 17.7 Å². The van der Waals surface area contributed by atoms with Gasteiger partial charge in [0.25, 0.3) is 0 Å². The smallest absolute Gasteiger partial charge is 0.234 e. The lowest BCUT2D eigenvalue weighted by Crippen LogP contribution is -2.48. The van der Waals surface area contributed by atoms with Crippen molar-refractivity contribution in [2.24, 2.45) is 0 Å². The standard InChI is InChI=1S/C17H30N2O3/c1-2-19(15-5-3-4-6-15)13-16(20)18-14-7-9-17(10-8-14)21-11-12-22-17/h14-15H,2-13H2,1H3,(H,18,20). The van der Waals surface area contributed by atoms with E-state index in [1.165, 1.54) is 25.7 Å². The highest BCUT2D eigenvalue weighted by molar-refractivity contribution is 5.78. The van der Waals surface area contributed by atoms with Crippen LogP contribution in [0, 0.1) is 0 Å². The van der Waals surface area contributed by atoms with Gasteiger partial charge < -0.3 is 14.8 Å². The number of amides is 1. The summed E-state index contributed by atoms with van der Waals surface area (Å²) in [7, 11) is 0. The van der Waals surface area contributed by atoms with Crippen molar-refractivity contribution in [3.8, 4) is 0 Å². The van der Waals surface area contributed by atoms with Crippen molar-refractivity contribution in [1.82, 2.24) is 10.2 Å². The first-order chi connectivity index (χ1) is 10.7. The lowest BCUT2D eigenvalue weighted by atomic mass is 9.90. The molecule has 2 aliphatic carbocycles. The van der Waals surface area contributed by atoms with Crippen LogP contribution in [-0.4, -0.2) is 55.0 Å². The Bertz CT molecular complexity index is 366. The number of nitrogens with zero attached hydrogens (tertiary/aromatic N) is 1. The Morgan fingerprint density at radius 1 is 1.14 bits per heavy atom. The summed E-state index contributed by atoms with van der Waals surface area (Å²) >= 11 is 0. The Morgan fingerprint density at radius 3 is 2.36 bits per heavy atom. The van der Waals surface area contributed by atoms with Crippen LogP contribution in [0.25, 0.3) is 0 Å². The van der Waals surface area contributed by atoms with Crippen molar-refractivity contribution in [2.45, 2.75) is 76.2 Å². The van der Waals surface area contributed by atoms with E-state index in [0.29, 0.717) is 25.8 Å². The first-order valence-corrected chi connectivity index (χ1v) is 9.02. The number of ether oxygens (including phenoxy) is 2. The summed E-state index contributed by atoms with van der Waals surface area (Å²) in [6, 6.07) is 0.902. The van der Waals surface area contributed by atoms with E-state index in [1.54, 1.807) is 0 Å². The minimum Gasteiger partial charge on any atom is -0.352 e. The Kier molecular flexibility index (Phi) is 5.37. The van der Waals surface area contributed by atoms with Crippen LogP contribution in [0.5, 0.6) is 0 Å². The molecular weight excluding hydrogens is 280 g/mol. The highest BCUT2D eigenvalue weighted by atomic mass is 16.7. The van der Waals surface area contributed by atoms with E-state index in [4.69, 9.17) is 9.47 Å². The second-order valence-corrected chi connectivity index (χ2v) is 6.95. The lowest BCUT2D eigenvalue weighted by Gasteiger charge is -2.36. The van der Waals surface area contributed by atoms with Gasteiger partial charge >= 0.3 is 0 Å². The van der Waals surface area contributed by atoms with Crippen LogP contribution in [0.4, 0.5) is 0 Å². The zero-order valence-corrected chi connectivity index (χ0v) is 13.8. The molecule has 2 saturated carbocycles. The van der Waals surface area contributed by atoms with Crippen LogP contribution in [0.2, 0.25) is 0 Å². The van der Waals surface area contributed by atoms with Crippen molar-refractivity contribution in [3.05, 3.63) is 0 Å². The van der Waals surface area contributed by atoms with E-state index < -0.39 is 0 Å². The van der Waals surface area contributed by atoms with Crippen molar-refractivity contribution >= 4 is 5.91 Å². The van der Waals surface area contributed by atoms with Crippen LogP contribution in [-0.2, 0) is 14.3 Å². The van der Waals surface area contributed by atoms with Gasteiger partial charge in [0.05, 0.1) is 19.8 Å². The minimum absolute atomic E-state index is 0.183. The molecule has 0 aromatic carbocycles. The number of nitrogens with one attached hydrogen (secondary N) is 1. The summed E-state index contributed by atoms with van der Waals surface area (Å²) < 4.78 is 11.5. The molecule has 1 aliphatic heterocycles. The monoisotopic (exact) mass is 310 g/mol. The number of carbonyl (C=O) groups is 1. The Balaban J connectivity index is 1.42. The highest BCUT2D eigenvalue weighted by Crippen LogP contribution is 2.35. The summed E-state index contributed by atoms with van der Waals surface area (Å²) in [4.78, 5) is 14.7. The molecular formula is C17H30N2O3. The molecule has 1 N–H and O–H groups in total. The first kappa shape index (κ1) is 16.2. The minimum atomic E-state index is -0.333. The average Bonchev–Trinajstić information content (AvgIpc) is 3.20. The zero-order chi connectivity index (χ0) is 15.4. The van der Waals surface area contributed by atoms with Gasteiger partial charge in [-0.2, -0.15) is 0 Å². The fourth-order valence-corrected chi connectivity index (χ4v) is 4.21. The maximum atomic E-state index is 12.3. The summed E-state index contributed by atoms with van der Waals surface area (Å²) in [5.74, 6) is -0.150.